The highest BCUT2D eigenvalue weighted by atomic mass is 16.3. The van der Waals surface area contributed by atoms with E-state index < -0.39 is 0 Å². The zero-order chi connectivity index (χ0) is 17.1. The first-order chi connectivity index (χ1) is 11.6. The predicted molar refractivity (Wildman–Crippen MR) is 93.3 cm³/mol. The number of aromatic nitrogens is 2. The second-order valence-electron chi connectivity index (χ2n) is 6.48. The lowest BCUT2D eigenvalue weighted by Gasteiger charge is -2.33. The molecule has 2 heterocycles. The standard InChI is InChI=1S/C19H25N3O2/c1-3-18-17(13-20-22(18)16-7-5-4-6-8-16)19(24)21-11-9-15(10-12-21)14(2)23/h4-8,13-15,23H,3,9-12H2,1-2H3. The van der Waals surface area contributed by atoms with Crippen molar-refractivity contribution in [1.29, 1.82) is 0 Å². The van der Waals surface area contributed by atoms with Gasteiger partial charge in [-0.3, -0.25) is 4.79 Å². The van der Waals surface area contributed by atoms with Crippen molar-refractivity contribution >= 4 is 5.91 Å². The zero-order valence-corrected chi connectivity index (χ0v) is 14.4. The average molecular weight is 327 g/mol. The largest absolute Gasteiger partial charge is 0.393 e. The maximum absolute atomic E-state index is 12.9. The molecule has 128 valence electrons. The van der Waals surface area contributed by atoms with Crippen LogP contribution >= 0.6 is 0 Å². The first-order valence-corrected chi connectivity index (χ1v) is 8.71. The smallest absolute Gasteiger partial charge is 0.257 e. The molecule has 1 aromatic heterocycles. The topological polar surface area (TPSA) is 58.4 Å². The van der Waals surface area contributed by atoms with E-state index >= 15 is 0 Å². The van der Waals surface area contributed by atoms with E-state index in [-0.39, 0.29) is 12.0 Å². The van der Waals surface area contributed by atoms with Crippen LogP contribution in [0.15, 0.2) is 36.5 Å². The van der Waals surface area contributed by atoms with Gasteiger partial charge in [0.05, 0.1) is 29.2 Å². The molecule has 0 spiro atoms. The van der Waals surface area contributed by atoms with Gasteiger partial charge in [-0.15, -0.1) is 0 Å². The van der Waals surface area contributed by atoms with Crippen LogP contribution < -0.4 is 0 Å². The number of piperidine rings is 1. The summed E-state index contributed by atoms with van der Waals surface area (Å²) in [4.78, 5) is 14.8. The Morgan fingerprint density at radius 2 is 1.96 bits per heavy atom. The van der Waals surface area contributed by atoms with Crippen LogP contribution in [-0.4, -0.2) is 44.9 Å². The van der Waals surface area contributed by atoms with Crippen LogP contribution in [0.5, 0.6) is 0 Å². The molecule has 24 heavy (non-hydrogen) atoms. The second kappa shape index (κ2) is 7.18. The average Bonchev–Trinajstić information content (AvgIpc) is 3.06. The number of hydrogen-bond acceptors (Lipinski definition) is 3. The maximum Gasteiger partial charge on any atom is 0.257 e. The van der Waals surface area contributed by atoms with E-state index in [0.29, 0.717) is 24.6 Å². The van der Waals surface area contributed by atoms with Gasteiger partial charge in [-0.05, 0) is 44.2 Å². The number of amides is 1. The summed E-state index contributed by atoms with van der Waals surface area (Å²) in [6, 6.07) is 9.90. The molecule has 1 aliphatic heterocycles. The Labute approximate surface area is 142 Å². The van der Waals surface area contributed by atoms with Crippen LogP contribution in [0, 0.1) is 5.92 Å². The molecule has 1 unspecified atom stereocenters. The minimum atomic E-state index is -0.297. The molecule has 0 aliphatic carbocycles. The van der Waals surface area contributed by atoms with Crippen LogP contribution in [0.25, 0.3) is 5.69 Å². The molecular formula is C19H25N3O2. The summed E-state index contributed by atoms with van der Waals surface area (Å²) in [6.45, 7) is 5.29. The van der Waals surface area contributed by atoms with E-state index in [1.807, 2.05) is 53.8 Å². The van der Waals surface area contributed by atoms with Crippen LogP contribution in [0.1, 0.15) is 42.7 Å². The molecule has 0 bridgehead atoms. The molecule has 1 atom stereocenters. The minimum Gasteiger partial charge on any atom is -0.393 e. The Hall–Kier alpha value is -2.14. The molecule has 1 aromatic carbocycles. The number of benzene rings is 1. The lowest BCUT2D eigenvalue weighted by molar-refractivity contribution is 0.0520. The highest BCUT2D eigenvalue weighted by Gasteiger charge is 2.28. The summed E-state index contributed by atoms with van der Waals surface area (Å²) in [6.07, 6.45) is 3.86. The number of aliphatic hydroxyl groups excluding tert-OH is 1. The van der Waals surface area contributed by atoms with Crippen LogP contribution in [0.4, 0.5) is 0 Å². The first-order valence-electron chi connectivity index (χ1n) is 8.71. The molecule has 5 nitrogen and oxygen atoms in total. The van der Waals surface area contributed by atoms with E-state index in [4.69, 9.17) is 0 Å². The van der Waals surface area contributed by atoms with Gasteiger partial charge in [-0.1, -0.05) is 25.1 Å². The third-order valence-corrected chi connectivity index (χ3v) is 4.94. The number of hydrogen-bond donors (Lipinski definition) is 1. The Kier molecular flexibility index (Phi) is 5.00. The fraction of sp³-hybridized carbons (Fsp3) is 0.474. The Balaban J connectivity index is 1.80. The number of likely N-dealkylation sites (tertiary alicyclic amines) is 1. The summed E-state index contributed by atoms with van der Waals surface area (Å²) in [5.41, 5.74) is 2.61. The van der Waals surface area contributed by atoms with E-state index in [1.165, 1.54) is 0 Å². The van der Waals surface area contributed by atoms with Crippen LogP contribution in [0.3, 0.4) is 0 Å². The molecule has 1 fully saturated rings. The monoisotopic (exact) mass is 327 g/mol. The molecule has 1 aliphatic rings. The number of aliphatic hydroxyl groups is 1. The fourth-order valence-electron chi connectivity index (χ4n) is 3.44. The van der Waals surface area contributed by atoms with Gasteiger partial charge in [-0.2, -0.15) is 5.10 Å². The summed E-state index contributed by atoms with van der Waals surface area (Å²) >= 11 is 0. The normalized spacial score (nSPS) is 17.0. The number of carbonyl (C=O) groups is 1. The van der Waals surface area contributed by atoms with Crippen LogP contribution in [-0.2, 0) is 6.42 Å². The van der Waals surface area contributed by atoms with Crippen LogP contribution in [0.2, 0.25) is 0 Å². The third kappa shape index (κ3) is 3.22. The molecule has 3 rings (SSSR count). The summed E-state index contributed by atoms with van der Waals surface area (Å²) in [7, 11) is 0. The minimum absolute atomic E-state index is 0.0538. The van der Waals surface area contributed by atoms with Gasteiger partial charge >= 0.3 is 0 Å². The van der Waals surface area contributed by atoms with E-state index in [9.17, 15) is 9.90 Å². The van der Waals surface area contributed by atoms with Gasteiger partial charge in [0.25, 0.3) is 5.91 Å². The maximum atomic E-state index is 12.9. The Bertz CT molecular complexity index is 686. The fourth-order valence-corrected chi connectivity index (χ4v) is 3.44. The molecule has 0 saturated carbocycles. The van der Waals surface area contributed by atoms with Crippen molar-refractivity contribution in [2.75, 3.05) is 13.1 Å². The molecule has 5 heteroatoms. The quantitative estimate of drug-likeness (QED) is 0.939. The van der Waals surface area contributed by atoms with Crippen molar-refractivity contribution in [2.45, 2.75) is 39.2 Å². The third-order valence-electron chi connectivity index (χ3n) is 4.94. The summed E-state index contributed by atoms with van der Waals surface area (Å²) < 4.78 is 1.86. The van der Waals surface area contributed by atoms with Crippen molar-refractivity contribution in [1.82, 2.24) is 14.7 Å². The highest BCUT2D eigenvalue weighted by Crippen LogP contribution is 2.23. The molecule has 1 amide bonds. The Morgan fingerprint density at radius 3 is 2.54 bits per heavy atom. The van der Waals surface area contributed by atoms with Crippen molar-refractivity contribution in [3.05, 3.63) is 47.8 Å². The van der Waals surface area contributed by atoms with Gasteiger partial charge in [0.2, 0.25) is 0 Å². The van der Waals surface area contributed by atoms with Crippen molar-refractivity contribution in [2.24, 2.45) is 5.92 Å². The van der Waals surface area contributed by atoms with Gasteiger partial charge in [0, 0.05) is 13.1 Å². The second-order valence-corrected chi connectivity index (χ2v) is 6.48. The van der Waals surface area contributed by atoms with Gasteiger partial charge in [0.1, 0.15) is 0 Å². The molecular weight excluding hydrogens is 302 g/mol. The van der Waals surface area contributed by atoms with E-state index in [1.54, 1.807) is 6.20 Å². The summed E-state index contributed by atoms with van der Waals surface area (Å²) in [5.74, 6) is 0.352. The van der Waals surface area contributed by atoms with Gasteiger partial charge < -0.3 is 10.0 Å². The van der Waals surface area contributed by atoms with Crippen molar-refractivity contribution in [3.63, 3.8) is 0 Å². The first kappa shape index (κ1) is 16.7. The lowest BCUT2D eigenvalue weighted by Crippen LogP contribution is -2.41. The SMILES string of the molecule is CCc1c(C(=O)N2CCC(C(C)O)CC2)cnn1-c1ccccc1. The highest BCUT2D eigenvalue weighted by molar-refractivity contribution is 5.95. The lowest BCUT2D eigenvalue weighted by atomic mass is 9.92. The van der Waals surface area contributed by atoms with Crippen molar-refractivity contribution in [3.8, 4) is 5.69 Å². The number of para-hydroxylation sites is 1. The van der Waals surface area contributed by atoms with Crippen molar-refractivity contribution < 1.29 is 9.90 Å². The Morgan fingerprint density at radius 1 is 1.29 bits per heavy atom. The summed E-state index contributed by atoms with van der Waals surface area (Å²) in [5, 5.41) is 14.2. The zero-order valence-electron chi connectivity index (χ0n) is 14.4. The molecule has 0 radical (unpaired) electrons. The number of carbonyl (C=O) groups excluding carboxylic acids is 1. The van der Waals surface area contributed by atoms with Gasteiger partial charge in [-0.25, -0.2) is 4.68 Å². The predicted octanol–water partition coefficient (Wildman–Crippen LogP) is 2.67. The number of nitrogens with zero attached hydrogens (tertiary/aromatic N) is 3. The molecule has 1 saturated heterocycles. The van der Waals surface area contributed by atoms with E-state index in [2.05, 4.69) is 5.10 Å². The number of rotatable bonds is 4. The van der Waals surface area contributed by atoms with E-state index in [0.717, 1.165) is 30.6 Å². The molecule has 2 aromatic rings. The molecule has 1 N–H and O–H groups in total. The van der Waals surface area contributed by atoms with Gasteiger partial charge in [0.15, 0.2) is 0 Å².